The fraction of sp³-hybridized carbons (Fsp3) is 0.0323. The van der Waals surface area contributed by atoms with E-state index in [9.17, 15) is 4.39 Å². The van der Waals surface area contributed by atoms with Gasteiger partial charge in [-0.15, -0.1) is 0 Å². The third kappa shape index (κ3) is 4.38. The molecule has 7 nitrogen and oxygen atoms in total. The van der Waals surface area contributed by atoms with E-state index in [1.807, 2.05) is 60.7 Å². The summed E-state index contributed by atoms with van der Waals surface area (Å²) in [6.45, 7) is 0.456. The minimum Gasteiger partial charge on any atom is -0.487 e. The van der Waals surface area contributed by atoms with Gasteiger partial charge in [0.2, 0.25) is 0 Å². The molecule has 0 fully saturated rings. The Labute approximate surface area is 222 Å². The predicted octanol–water partition coefficient (Wildman–Crippen LogP) is 6.95. The van der Waals surface area contributed by atoms with Gasteiger partial charge < -0.3 is 9.72 Å². The largest absolute Gasteiger partial charge is 0.487 e. The molecule has 8 heteroatoms. The van der Waals surface area contributed by atoms with Gasteiger partial charge in [0, 0.05) is 28.9 Å². The maximum atomic E-state index is 13.9. The number of halogens is 1. The van der Waals surface area contributed by atoms with Crippen LogP contribution in [0.2, 0.25) is 0 Å². The van der Waals surface area contributed by atoms with Crippen LogP contribution in [0, 0.1) is 5.82 Å². The van der Waals surface area contributed by atoms with Crippen molar-refractivity contribution in [3.8, 4) is 39.5 Å². The zero-order valence-electron chi connectivity index (χ0n) is 20.6. The molecular formula is C31H21FN6O. The molecule has 0 aliphatic carbocycles. The third-order valence-corrected chi connectivity index (χ3v) is 6.60. The number of fused-ring (bicyclic) bond motifs is 2. The third-order valence-electron chi connectivity index (χ3n) is 6.60. The summed E-state index contributed by atoms with van der Waals surface area (Å²) in [7, 11) is 0. The van der Waals surface area contributed by atoms with Crippen LogP contribution in [0.3, 0.4) is 0 Å². The van der Waals surface area contributed by atoms with Crippen molar-refractivity contribution < 1.29 is 9.13 Å². The van der Waals surface area contributed by atoms with Gasteiger partial charge in [-0.1, -0.05) is 42.5 Å². The zero-order valence-corrected chi connectivity index (χ0v) is 20.6. The van der Waals surface area contributed by atoms with Crippen LogP contribution in [0.25, 0.3) is 55.7 Å². The summed E-state index contributed by atoms with van der Waals surface area (Å²) in [6, 6.07) is 24.3. The summed E-state index contributed by atoms with van der Waals surface area (Å²) in [5.74, 6) is 0.373. The van der Waals surface area contributed by atoms with Gasteiger partial charge in [-0.25, -0.2) is 9.37 Å². The molecule has 39 heavy (non-hydrogen) atoms. The Balaban J connectivity index is 1.24. The van der Waals surface area contributed by atoms with Crippen LogP contribution in [0.15, 0.2) is 104 Å². The van der Waals surface area contributed by atoms with Crippen molar-refractivity contribution in [2.45, 2.75) is 6.61 Å². The summed E-state index contributed by atoms with van der Waals surface area (Å²) >= 11 is 0. The summed E-state index contributed by atoms with van der Waals surface area (Å²) < 4.78 is 19.9. The molecule has 0 spiro atoms. The number of ether oxygens (including phenoxy) is 1. The van der Waals surface area contributed by atoms with Gasteiger partial charge in [0.1, 0.15) is 29.4 Å². The fourth-order valence-electron chi connectivity index (χ4n) is 4.69. The van der Waals surface area contributed by atoms with Gasteiger partial charge in [-0.2, -0.15) is 5.10 Å². The van der Waals surface area contributed by atoms with Crippen molar-refractivity contribution in [1.29, 1.82) is 0 Å². The Hall–Kier alpha value is -5.37. The summed E-state index contributed by atoms with van der Waals surface area (Å²) in [5, 5.41) is 8.55. The second-order valence-corrected chi connectivity index (χ2v) is 9.19. The summed E-state index contributed by atoms with van der Waals surface area (Å²) in [5.41, 5.74) is 8.07. The highest BCUT2D eigenvalue weighted by Gasteiger charge is 2.16. The van der Waals surface area contributed by atoms with Gasteiger partial charge in [0.25, 0.3) is 0 Å². The number of hydrogen-bond donors (Lipinski definition) is 2. The molecule has 0 radical (unpaired) electrons. The molecule has 5 aromatic heterocycles. The molecule has 0 saturated carbocycles. The fourth-order valence-corrected chi connectivity index (χ4v) is 4.69. The number of pyridine rings is 3. The van der Waals surface area contributed by atoms with E-state index in [2.05, 4.69) is 25.1 Å². The normalized spacial score (nSPS) is 11.3. The molecule has 0 amide bonds. The van der Waals surface area contributed by atoms with E-state index >= 15 is 0 Å². The molecule has 188 valence electrons. The SMILES string of the molecule is Fc1cccc(-c2cncc3[nH]c(-c4n[nH]c5ccc(-c6cncc(OCc7ccccc7)c6)nc45)cc23)c1. The van der Waals surface area contributed by atoms with E-state index in [-0.39, 0.29) is 5.82 Å². The van der Waals surface area contributed by atoms with Crippen LogP contribution in [-0.2, 0) is 6.61 Å². The number of aromatic nitrogens is 6. The van der Waals surface area contributed by atoms with E-state index in [4.69, 9.17) is 9.72 Å². The molecule has 2 aromatic carbocycles. The highest BCUT2D eigenvalue weighted by atomic mass is 19.1. The number of H-pyrrole nitrogens is 2. The molecule has 0 aliphatic heterocycles. The van der Waals surface area contributed by atoms with Crippen molar-refractivity contribution in [2.75, 3.05) is 0 Å². The van der Waals surface area contributed by atoms with E-state index in [0.717, 1.165) is 55.6 Å². The van der Waals surface area contributed by atoms with E-state index in [1.54, 1.807) is 30.9 Å². The first-order valence-electron chi connectivity index (χ1n) is 12.4. The van der Waals surface area contributed by atoms with Crippen molar-refractivity contribution >= 4 is 21.9 Å². The van der Waals surface area contributed by atoms with Crippen LogP contribution in [0.4, 0.5) is 4.39 Å². The maximum Gasteiger partial charge on any atom is 0.138 e. The van der Waals surface area contributed by atoms with Crippen LogP contribution in [0.1, 0.15) is 5.56 Å². The molecular weight excluding hydrogens is 491 g/mol. The molecule has 0 saturated heterocycles. The monoisotopic (exact) mass is 512 g/mol. The van der Waals surface area contributed by atoms with Gasteiger partial charge >= 0.3 is 0 Å². The van der Waals surface area contributed by atoms with E-state index < -0.39 is 0 Å². The minimum atomic E-state index is -0.292. The lowest BCUT2D eigenvalue weighted by Gasteiger charge is -2.08. The predicted molar refractivity (Wildman–Crippen MR) is 148 cm³/mol. The van der Waals surface area contributed by atoms with Crippen LogP contribution in [-0.4, -0.2) is 30.1 Å². The molecule has 0 aliphatic rings. The Morgan fingerprint density at radius 3 is 2.56 bits per heavy atom. The first-order chi connectivity index (χ1) is 19.2. The average Bonchev–Trinajstić information content (AvgIpc) is 3.60. The average molecular weight is 513 g/mol. The zero-order chi connectivity index (χ0) is 26.2. The number of nitrogens with zero attached hydrogens (tertiary/aromatic N) is 4. The highest BCUT2D eigenvalue weighted by molar-refractivity contribution is 6.00. The number of benzene rings is 2. The molecule has 2 N–H and O–H groups in total. The van der Waals surface area contributed by atoms with Gasteiger partial charge in [0.15, 0.2) is 0 Å². The molecule has 7 rings (SSSR count). The van der Waals surface area contributed by atoms with Gasteiger partial charge in [-0.3, -0.25) is 15.1 Å². The first kappa shape index (κ1) is 22.8. The van der Waals surface area contributed by atoms with Crippen molar-refractivity contribution in [3.05, 3.63) is 115 Å². The van der Waals surface area contributed by atoms with E-state index in [1.165, 1.54) is 12.1 Å². The van der Waals surface area contributed by atoms with Crippen LogP contribution >= 0.6 is 0 Å². The molecule has 0 atom stereocenters. The number of hydrogen-bond acceptors (Lipinski definition) is 5. The number of rotatable bonds is 6. The Kier molecular flexibility index (Phi) is 5.55. The molecule has 5 heterocycles. The summed E-state index contributed by atoms with van der Waals surface area (Å²) in [6.07, 6.45) is 6.96. The Bertz CT molecular complexity index is 1950. The van der Waals surface area contributed by atoms with E-state index in [0.29, 0.717) is 18.1 Å². The van der Waals surface area contributed by atoms with Crippen molar-refractivity contribution in [1.82, 2.24) is 30.1 Å². The number of aromatic amines is 2. The Morgan fingerprint density at radius 1 is 0.769 bits per heavy atom. The van der Waals surface area contributed by atoms with Gasteiger partial charge in [0.05, 0.1) is 34.8 Å². The first-order valence-corrected chi connectivity index (χ1v) is 12.4. The van der Waals surface area contributed by atoms with Crippen LogP contribution in [0.5, 0.6) is 5.75 Å². The highest BCUT2D eigenvalue weighted by Crippen LogP contribution is 2.34. The van der Waals surface area contributed by atoms with Gasteiger partial charge in [-0.05, 0) is 47.5 Å². The molecule has 0 unspecified atom stereocenters. The lowest BCUT2D eigenvalue weighted by molar-refractivity contribution is 0.305. The second kappa shape index (κ2) is 9.50. The topological polar surface area (TPSA) is 92.4 Å². The lowest BCUT2D eigenvalue weighted by Crippen LogP contribution is -1.96. The quantitative estimate of drug-likeness (QED) is 0.252. The maximum absolute atomic E-state index is 13.9. The summed E-state index contributed by atoms with van der Waals surface area (Å²) in [4.78, 5) is 17.1. The Morgan fingerprint density at radius 2 is 1.67 bits per heavy atom. The van der Waals surface area contributed by atoms with Crippen LogP contribution < -0.4 is 4.74 Å². The van der Waals surface area contributed by atoms with Crippen molar-refractivity contribution in [3.63, 3.8) is 0 Å². The smallest absolute Gasteiger partial charge is 0.138 e. The second-order valence-electron chi connectivity index (χ2n) is 9.19. The standard InChI is InChI=1S/C31H21FN6O/c32-22-8-4-7-20(11-22)25-16-34-17-29-24(25)13-28(35-29)31-30-27(37-38-31)10-9-26(36-30)21-12-23(15-33-14-21)39-18-19-5-2-1-3-6-19/h1-17,35H,18H2,(H,37,38). The molecule has 0 bridgehead atoms. The van der Waals surface area contributed by atoms with Crippen molar-refractivity contribution in [2.24, 2.45) is 0 Å². The lowest BCUT2D eigenvalue weighted by atomic mass is 10.0. The number of nitrogens with one attached hydrogen (secondary N) is 2. The minimum absolute atomic E-state index is 0.292. The molecule has 7 aromatic rings.